The molecule has 24 heavy (non-hydrogen) atoms. The Bertz CT molecular complexity index is 741. The van der Waals surface area contributed by atoms with Gasteiger partial charge in [-0.05, 0) is 26.0 Å². The van der Waals surface area contributed by atoms with E-state index in [2.05, 4.69) is 10.5 Å². The van der Waals surface area contributed by atoms with Crippen LogP contribution in [-0.2, 0) is 6.54 Å². The Morgan fingerprint density at radius 2 is 1.96 bits per heavy atom. The van der Waals surface area contributed by atoms with Gasteiger partial charge < -0.3 is 15.2 Å². The van der Waals surface area contributed by atoms with Crippen LogP contribution in [0.15, 0.2) is 22.7 Å². The fourth-order valence-corrected chi connectivity index (χ4v) is 1.96. The van der Waals surface area contributed by atoms with E-state index in [1.54, 1.807) is 18.3 Å². The first-order valence-electron chi connectivity index (χ1n) is 6.97. The molecule has 0 bridgehead atoms. The molecule has 0 spiro atoms. The monoisotopic (exact) mass is 345 g/mol. The molecule has 1 aromatic carbocycles. The van der Waals surface area contributed by atoms with E-state index in [0.29, 0.717) is 11.5 Å². The van der Waals surface area contributed by atoms with Crippen LogP contribution in [0, 0.1) is 19.7 Å². The number of nitrogens with one attached hydrogen (secondary N) is 2. The molecule has 9 heteroatoms. The van der Waals surface area contributed by atoms with E-state index >= 15 is 0 Å². The summed E-state index contributed by atoms with van der Waals surface area (Å²) in [4.78, 5) is 11.8. The van der Waals surface area contributed by atoms with E-state index in [-0.39, 0.29) is 23.4 Å². The van der Waals surface area contributed by atoms with Crippen LogP contribution in [0.2, 0.25) is 0 Å². The molecule has 5 nitrogen and oxygen atoms in total. The number of aromatic nitrogens is 1. The second-order valence-electron chi connectivity index (χ2n) is 5.21. The quantitative estimate of drug-likeness (QED) is 0.816. The molecule has 0 aliphatic rings. The maximum atomic E-state index is 13.9. The number of carbonyl (C=O) groups is 1. The van der Waals surface area contributed by atoms with Crippen molar-refractivity contribution in [1.29, 1.82) is 0 Å². The van der Waals surface area contributed by atoms with Crippen molar-refractivity contribution < 1.29 is 26.9 Å². The standard InChI is InChI=1S/C15H15F4N3O2/c1-8-3-11(22-24-8)6-20-13-5-10(4-12(16)9(13)2)14(23)21-7-15(17,18)19/h3-5,20H,6-7H2,1-2H3,(H,21,23). The second kappa shape index (κ2) is 6.90. The minimum Gasteiger partial charge on any atom is -0.379 e. The Morgan fingerprint density at radius 1 is 1.25 bits per heavy atom. The van der Waals surface area contributed by atoms with Crippen LogP contribution in [0.1, 0.15) is 27.4 Å². The summed E-state index contributed by atoms with van der Waals surface area (Å²) in [6, 6.07) is 3.86. The Labute approximate surface area is 135 Å². The first-order chi connectivity index (χ1) is 11.2. The van der Waals surface area contributed by atoms with E-state index in [1.807, 2.05) is 0 Å². The summed E-state index contributed by atoms with van der Waals surface area (Å²) >= 11 is 0. The van der Waals surface area contributed by atoms with E-state index in [0.717, 1.165) is 6.07 Å². The maximum absolute atomic E-state index is 13.9. The van der Waals surface area contributed by atoms with Gasteiger partial charge >= 0.3 is 6.18 Å². The molecule has 2 aromatic rings. The smallest absolute Gasteiger partial charge is 0.379 e. The molecule has 0 unspecified atom stereocenters. The number of benzene rings is 1. The Hall–Kier alpha value is -2.58. The average Bonchev–Trinajstić information content (AvgIpc) is 2.91. The predicted molar refractivity (Wildman–Crippen MR) is 78.1 cm³/mol. The highest BCUT2D eigenvalue weighted by atomic mass is 19.4. The third-order valence-corrected chi connectivity index (χ3v) is 3.19. The van der Waals surface area contributed by atoms with Gasteiger partial charge in [-0.25, -0.2) is 4.39 Å². The lowest BCUT2D eigenvalue weighted by molar-refractivity contribution is -0.123. The third-order valence-electron chi connectivity index (χ3n) is 3.19. The first kappa shape index (κ1) is 17.8. The zero-order valence-corrected chi connectivity index (χ0v) is 12.9. The molecule has 0 radical (unpaired) electrons. The van der Waals surface area contributed by atoms with E-state index in [9.17, 15) is 22.4 Å². The van der Waals surface area contributed by atoms with Gasteiger partial charge in [0.1, 0.15) is 23.8 Å². The molecule has 2 N–H and O–H groups in total. The molecule has 2 rings (SSSR count). The Balaban J connectivity index is 2.13. The van der Waals surface area contributed by atoms with Crippen LogP contribution in [0.3, 0.4) is 0 Å². The zero-order valence-electron chi connectivity index (χ0n) is 12.9. The van der Waals surface area contributed by atoms with Crippen molar-refractivity contribution >= 4 is 11.6 Å². The number of anilines is 1. The number of nitrogens with zero attached hydrogens (tertiary/aromatic N) is 1. The number of halogens is 4. The van der Waals surface area contributed by atoms with Crippen molar-refractivity contribution in [2.75, 3.05) is 11.9 Å². The highest BCUT2D eigenvalue weighted by Crippen LogP contribution is 2.22. The summed E-state index contributed by atoms with van der Waals surface area (Å²) in [5.41, 5.74) is 0.885. The molecular weight excluding hydrogens is 330 g/mol. The third kappa shape index (κ3) is 4.71. The van der Waals surface area contributed by atoms with Crippen molar-refractivity contribution in [3.8, 4) is 0 Å². The molecule has 0 saturated heterocycles. The molecule has 0 atom stereocenters. The highest BCUT2D eigenvalue weighted by molar-refractivity contribution is 5.95. The van der Waals surface area contributed by atoms with E-state index in [1.165, 1.54) is 13.0 Å². The van der Waals surface area contributed by atoms with Crippen LogP contribution in [-0.4, -0.2) is 23.8 Å². The largest absolute Gasteiger partial charge is 0.405 e. The minimum absolute atomic E-state index is 0.207. The van der Waals surface area contributed by atoms with Gasteiger partial charge in [0.05, 0.1) is 6.54 Å². The predicted octanol–water partition coefficient (Wildman–Crippen LogP) is 3.33. The fourth-order valence-electron chi connectivity index (χ4n) is 1.96. The summed E-state index contributed by atoms with van der Waals surface area (Å²) in [7, 11) is 0. The molecule has 0 aliphatic carbocycles. The van der Waals surface area contributed by atoms with Crippen molar-refractivity contribution in [2.24, 2.45) is 0 Å². The SMILES string of the molecule is Cc1cc(CNc2cc(C(=O)NCC(F)(F)F)cc(F)c2C)no1. The van der Waals surface area contributed by atoms with Gasteiger partial charge in [-0.3, -0.25) is 4.79 Å². The summed E-state index contributed by atoms with van der Waals surface area (Å²) in [5, 5.41) is 8.35. The van der Waals surface area contributed by atoms with Crippen LogP contribution in [0.5, 0.6) is 0 Å². The van der Waals surface area contributed by atoms with Gasteiger partial charge in [-0.2, -0.15) is 13.2 Å². The highest BCUT2D eigenvalue weighted by Gasteiger charge is 2.28. The molecule has 1 aromatic heterocycles. The fraction of sp³-hybridized carbons (Fsp3) is 0.333. The molecule has 0 saturated carbocycles. The topological polar surface area (TPSA) is 67.2 Å². The van der Waals surface area contributed by atoms with Crippen molar-refractivity contribution in [3.05, 3.63) is 46.6 Å². The van der Waals surface area contributed by atoms with Gasteiger partial charge in [0.25, 0.3) is 5.91 Å². The first-order valence-corrected chi connectivity index (χ1v) is 6.97. The van der Waals surface area contributed by atoms with E-state index in [4.69, 9.17) is 4.52 Å². The number of hydrogen-bond donors (Lipinski definition) is 2. The van der Waals surface area contributed by atoms with Crippen LogP contribution in [0.4, 0.5) is 23.2 Å². The summed E-state index contributed by atoms with van der Waals surface area (Å²) in [6.45, 7) is 1.93. The number of hydrogen-bond acceptors (Lipinski definition) is 4. The van der Waals surface area contributed by atoms with Crippen molar-refractivity contribution in [2.45, 2.75) is 26.6 Å². The lowest BCUT2D eigenvalue weighted by Gasteiger charge is -2.13. The van der Waals surface area contributed by atoms with Crippen LogP contribution in [0.25, 0.3) is 0 Å². The summed E-state index contributed by atoms with van der Waals surface area (Å²) < 4.78 is 55.3. The van der Waals surface area contributed by atoms with Crippen molar-refractivity contribution in [1.82, 2.24) is 10.5 Å². The molecule has 130 valence electrons. The number of aryl methyl sites for hydroxylation is 1. The van der Waals surface area contributed by atoms with E-state index < -0.39 is 24.4 Å². The lowest BCUT2D eigenvalue weighted by atomic mass is 10.1. The number of carbonyl (C=O) groups excluding carboxylic acids is 1. The Morgan fingerprint density at radius 3 is 2.54 bits per heavy atom. The van der Waals surface area contributed by atoms with Gasteiger partial charge in [0, 0.05) is 22.9 Å². The van der Waals surface area contributed by atoms with Crippen LogP contribution >= 0.6 is 0 Å². The Kier molecular flexibility index (Phi) is 5.10. The van der Waals surface area contributed by atoms with Gasteiger partial charge in [0.2, 0.25) is 0 Å². The molecule has 1 heterocycles. The van der Waals surface area contributed by atoms with Crippen LogP contribution < -0.4 is 10.6 Å². The normalized spacial score (nSPS) is 11.4. The number of amides is 1. The minimum atomic E-state index is -4.54. The lowest BCUT2D eigenvalue weighted by Crippen LogP contribution is -2.33. The van der Waals surface area contributed by atoms with Crippen molar-refractivity contribution in [3.63, 3.8) is 0 Å². The molecular formula is C15H15F4N3O2. The number of rotatable bonds is 5. The molecule has 1 amide bonds. The van der Waals surface area contributed by atoms with Gasteiger partial charge in [-0.1, -0.05) is 5.16 Å². The molecule has 0 aliphatic heterocycles. The zero-order chi connectivity index (χ0) is 17.9. The van der Waals surface area contributed by atoms with Gasteiger partial charge in [-0.15, -0.1) is 0 Å². The molecule has 0 fully saturated rings. The summed E-state index contributed by atoms with van der Waals surface area (Å²) in [5.74, 6) is -1.10. The summed E-state index contributed by atoms with van der Waals surface area (Å²) in [6.07, 6.45) is -4.54. The maximum Gasteiger partial charge on any atom is 0.405 e. The second-order valence-corrected chi connectivity index (χ2v) is 5.21. The van der Waals surface area contributed by atoms with Gasteiger partial charge in [0.15, 0.2) is 0 Å². The average molecular weight is 345 g/mol. The number of alkyl halides is 3.